The van der Waals surface area contributed by atoms with Crippen molar-refractivity contribution in [3.8, 4) is 5.75 Å². The van der Waals surface area contributed by atoms with Crippen molar-refractivity contribution in [3.05, 3.63) is 69.3 Å². The number of aromatic hydroxyl groups is 1. The van der Waals surface area contributed by atoms with Crippen LogP contribution in [0.4, 0.5) is 14.5 Å². The van der Waals surface area contributed by atoms with E-state index >= 15 is 0 Å². The number of hydrogen-bond acceptors (Lipinski definition) is 5. The van der Waals surface area contributed by atoms with E-state index in [1.165, 1.54) is 18.2 Å². The predicted octanol–water partition coefficient (Wildman–Crippen LogP) is 2.40. The Bertz CT molecular complexity index is 704. The number of rotatable bonds is 6. The summed E-state index contributed by atoms with van der Waals surface area (Å²) >= 11 is 0. The molecule has 0 spiro atoms. The van der Waals surface area contributed by atoms with Gasteiger partial charge in [0.15, 0.2) is 0 Å². The Morgan fingerprint density at radius 2 is 1.87 bits per heavy atom. The summed E-state index contributed by atoms with van der Waals surface area (Å²) in [7, 11) is 0. The Labute approximate surface area is 130 Å². The van der Waals surface area contributed by atoms with Gasteiger partial charge in [-0.2, -0.15) is 0 Å². The molecular weight excluding hydrogens is 310 g/mol. The summed E-state index contributed by atoms with van der Waals surface area (Å²) in [6, 6.07) is 6.78. The zero-order valence-electron chi connectivity index (χ0n) is 11.9. The quantitative estimate of drug-likeness (QED) is 0.560. The summed E-state index contributed by atoms with van der Waals surface area (Å²) in [5.41, 5.74) is -0.413. The zero-order valence-corrected chi connectivity index (χ0v) is 11.9. The number of aliphatic hydroxyl groups excluding tert-OH is 1. The molecule has 2 rings (SSSR count). The van der Waals surface area contributed by atoms with Crippen molar-refractivity contribution in [2.75, 3.05) is 6.54 Å². The highest BCUT2D eigenvalue weighted by Gasteiger charge is 2.17. The molecule has 122 valence electrons. The van der Waals surface area contributed by atoms with Gasteiger partial charge in [-0.05, 0) is 18.2 Å². The molecule has 1 atom stereocenters. The van der Waals surface area contributed by atoms with Crippen LogP contribution in [-0.2, 0) is 6.54 Å². The molecule has 0 aliphatic carbocycles. The molecule has 3 N–H and O–H groups in total. The number of halogens is 2. The van der Waals surface area contributed by atoms with E-state index in [1.54, 1.807) is 0 Å². The molecule has 0 aliphatic rings. The molecule has 6 nitrogen and oxygen atoms in total. The van der Waals surface area contributed by atoms with Gasteiger partial charge in [0.25, 0.3) is 5.69 Å². The van der Waals surface area contributed by atoms with Gasteiger partial charge >= 0.3 is 0 Å². The van der Waals surface area contributed by atoms with E-state index in [1.807, 2.05) is 0 Å². The van der Waals surface area contributed by atoms with Gasteiger partial charge in [-0.15, -0.1) is 0 Å². The predicted molar refractivity (Wildman–Crippen MR) is 77.8 cm³/mol. The third-order valence-electron chi connectivity index (χ3n) is 3.26. The molecule has 23 heavy (non-hydrogen) atoms. The van der Waals surface area contributed by atoms with Crippen LogP contribution in [0.1, 0.15) is 17.2 Å². The lowest BCUT2D eigenvalue weighted by Gasteiger charge is -2.14. The van der Waals surface area contributed by atoms with Crippen LogP contribution >= 0.6 is 0 Å². The minimum atomic E-state index is -1.43. The van der Waals surface area contributed by atoms with Gasteiger partial charge in [0, 0.05) is 30.8 Å². The fraction of sp³-hybridized carbons (Fsp3) is 0.200. The second kappa shape index (κ2) is 7.12. The van der Waals surface area contributed by atoms with Gasteiger partial charge in [-0.25, -0.2) is 8.78 Å². The number of phenolic OH excluding ortho intramolecular Hbond substituents is 1. The van der Waals surface area contributed by atoms with Crippen molar-refractivity contribution < 1.29 is 23.9 Å². The van der Waals surface area contributed by atoms with Gasteiger partial charge in [-0.3, -0.25) is 10.1 Å². The topological polar surface area (TPSA) is 95.6 Å². The Hall–Kier alpha value is -2.58. The third-order valence-corrected chi connectivity index (χ3v) is 3.26. The number of nitrogens with zero attached hydrogens (tertiary/aromatic N) is 1. The molecule has 0 fully saturated rings. The normalized spacial score (nSPS) is 12.1. The molecule has 0 amide bonds. The molecule has 2 aromatic carbocycles. The van der Waals surface area contributed by atoms with E-state index in [-0.39, 0.29) is 30.1 Å². The van der Waals surface area contributed by atoms with E-state index in [9.17, 15) is 29.1 Å². The maximum atomic E-state index is 13.5. The first-order valence-corrected chi connectivity index (χ1v) is 6.69. The molecule has 8 heteroatoms. The number of phenols is 1. The van der Waals surface area contributed by atoms with Crippen molar-refractivity contribution in [2.24, 2.45) is 0 Å². The lowest BCUT2D eigenvalue weighted by Crippen LogP contribution is -2.22. The number of nitro groups is 1. The number of hydrogen-bond donors (Lipinski definition) is 3. The molecule has 0 saturated carbocycles. The molecular formula is C15H14F2N2O4. The van der Waals surface area contributed by atoms with E-state index in [0.717, 1.165) is 18.2 Å². The number of nitro benzene ring substituents is 1. The van der Waals surface area contributed by atoms with E-state index in [4.69, 9.17) is 0 Å². The molecule has 0 aromatic heterocycles. The van der Waals surface area contributed by atoms with Gasteiger partial charge in [-0.1, -0.05) is 6.07 Å². The van der Waals surface area contributed by atoms with Crippen LogP contribution in [0.5, 0.6) is 5.75 Å². The molecule has 0 radical (unpaired) electrons. The Morgan fingerprint density at radius 1 is 1.22 bits per heavy atom. The van der Waals surface area contributed by atoms with Gasteiger partial charge in [0.05, 0.1) is 16.6 Å². The van der Waals surface area contributed by atoms with Gasteiger partial charge in [0.1, 0.15) is 17.4 Å². The average Bonchev–Trinajstić information content (AvgIpc) is 2.48. The lowest BCUT2D eigenvalue weighted by atomic mass is 10.1. The van der Waals surface area contributed by atoms with Crippen LogP contribution < -0.4 is 5.32 Å². The largest absolute Gasteiger partial charge is 0.508 e. The SMILES string of the molecule is O=[N+]([O-])c1ccc(O)c(CNCC(O)c2c(F)cccc2F)c1. The highest BCUT2D eigenvalue weighted by molar-refractivity contribution is 5.42. The summed E-state index contributed by atoms with van der Waals surface area (Å²) in [6.45, 7) is -0.208. The first kappa shape index (κ1) is 16.8. The number of benzene rings is 2. The first-order valence-electron chi connectivity index (χ1n) is 6.69. The van der Waals surface area contributed by atoms with Crippen molar-refractivity contribution in [2.45, 2.75) is 12.6 Å². The Balaban J connectivity index is 2.02. The molecule has 0 bridgehead atoms. The highest BCUT2D eigenvalue weighted by Crippen LogP contribution is 2.23. The van der Waals surface area contributed by atoms with Crippen LogP contribution in [0.3, 0.4) is 0 Å². The van der Waals surface area contributed by atoms with Crippen LogP contribution in [0.15, 0.2) is 36.4 Å². The van der Waals surface area contributed by atoms with Crippen LogP contribution in [0.25, 0.3) is 0 Å². The van der Waals surface area contributed by atoms with Crippen LogP contribution in [0, 0.1) is 21.7 Å². The van der Waals surface area contributed by atoms with Gasteiger partial charge in [0.2, 0.25) is 0 Å². The summed E-state index contributed by atoms with van der Waals surface area (Å²) < 4.78 is 27.0. The van der Waals surface area contributed by atoms with Crippen molar-refractivity contribution >= 4 is 5.69 Å². The van der Waals surface area contributed by atoms with Crippen LogP contribution in [0.2, 0.25) is 0 Å². The number of non-ortho nitro benzene ring substituents is 1. The highest BCUT2D eigenvalue weighted by atomic mass is 19.1. The lowest BCUT2D eigenvalue weighted by molar-refractivity contribution is -0.384. The van der Waals surface area contributed by atoms with Crippen molar-refractivity contribution in [3.63, 3.8) is 0 Å². The smallest absolute Gasteiger partial charge is 0.270 e. The standard InChI is InChI=1S/C15H14F2N2O4/c16-11-2-1-3-12(17)15(11)14(21)8-18-7-9-6-10(19(22)23)4-5-13(9)20/h1-6,14,18,20-21H,7-8H2. The maximum absolute atomic E-state index is 13.5. The summed E-state index contributed by atoms with van der Waals surface area (Å²) in [5, 5.41) is 32.9. The van der Waals surface area contributed by atoms with Crippen LogP contribution in [-0.4, -0.2) is 21.7 Å². The van der Waals surface area contributed by atoms with Crippen molar-refractivity contribution in [1.29, 1.82) is 0 Å². The van der Waals surface area contributed by atoms with E-state index in [0.29, 0.717) is 0 Å². The summed E-state index contributed by atoms with van der Waals surface area (Å²) in [5.74, 6) is -1.88. The summed E-state index contributed by atoms with van der Waals surface area (Å²) in [4.78, 5) is 10.1. The maximum Gasteiger partial charge on any atom is 0.270 e. The van der Waals surface area contributed by atoms with E-state index < -0.39 is 28.2 Å². The van der Waals surface area contributed by atoms with Gasteiger partial charge < -0.3 is 15.5 Å². The Kier molecular flexibility index (Phi) is 5.20. The van der Waals surface area contributed by atoms with E-state index in [2.05, 4.69) is 5.32 Å². The first-order chi connectivity index (χ1) is 10.9. The zero-order chi connectivity index (χ0) is 17.0. The molecule has 0 heterocycles. The number of aliphatic hydroxyl groups is 1. The Morgan fingerprint density at radius 3 is 2.48 bits per heavy atom. The monoisotopic (exact) mass is 324 g/mol. The fourth-order valence-corrected chi connectivity index (χ4v) is 2.10. The molecule has 2 aromatic rings. The second-order valence-corrected chi connectivity index (χ2v) is 4.85. The molecule has 0 aliphatic heterocycles. The average molecular weight is 324 g/mol. The fourth-order valence-electron chi connectivity index (χ4n) is 2.10. The summed E-state index contributed by atoms with van der Waals surface area (Å²) in [6.07, 6.45) is -1.43. The molecule has 1 unspecified atom stereocenters. The minimum Gasteiger partial charge on any atom is -0.508 e. The minimum absolute atomic E-state index is 0.0132. The second-order valence-electron chi connectivity index (χ2n) is 4.85. The third kappa shape index (κ3) is 3.99. The van der Waals surface area contributed by atoms with Crippen molar-refractivity contribution in [1.82, 2.24) is 5.32 Å². The molecule has 0 saturated heterocycles. The number of nitrogens with one attached hydrogen (secondary N) is 1.